The van der Waals surface area contributed by atoms with Crippen molar-refractivity contribution in [3.8, 4) is 0 Å². The van der Waals surface area contributed by atoms with Gasteiger partial charge in [-0.1, -0.05) is 18.3 Å². The van der Waals surface area contributed by atoms with E-state index in [4.69, 9.17) is 0 Å². The zero-order chi connectivity index (χ0) is 10.8. The number of nitrogens with zero attached hydrogens (tertiary/aromatic N) is 1. The molecule has 0 saturated carbocycles. The second-order valence-electron chi connectivity index (χ2n) is 3.85. The van der Waals surface area contributed by atoms with Crippen LogP contribution in [0.2, 0.25) is 0 Å². The Hall–Kier alpha value is -1.09. The smallest absolute Gasteiger partial charge is 0.183 e. The predicted molar refractivity (Wildman–Crippen MR) is 67.9 cm³/mol. The molecular weight excluding hydrogens is 204 g/mol. The molecule has 1 N–H and O–H groups in total. The molecule has 1 aromatic heterocycles. The van der Waals surface area contributed by atoms with Gasteiger partial charge in [-0.3, -0.25) is 0 Å². The molecule has 1 aromatic carbocycles. The van der Waals surface area contributed by atoms with E-state index in [0.29, 0.717) is 0 Å². The summed E-state index contributed by atoms with van der Waals surface area (Å²) >= 11 is 1.74. The van der Waals surface area contributed by atoms with Gasteiger partial charge in [-0.05, 0) is 43.5 Å². The topological polar surface area (TPSA) is 24.9 Å². The third kappa shape index (κ3) is 2.12. The molecular formula is C12H16N2S. The molecule has 2 aromatic rings. The van der Waals surface area contributed by atoms with Crippen LogP contribution in [0.25, 0.3) is 10.2 Å². The van der Waals surface area contributed by atoms with Crippen LogP contribution < -0.4 is 5.32 Å². The van der Waals surface area contributed by atoms with Crippen molar-refractivity contribution >= 4 is 26.7 Å². The Morgan fingerprint density at radius 2 is 2.00 bits per heavy atom. The van der Waals surface area contributed by atoms with Gasteiger partial charge in [0.15, 0.2) is 5.13 Å². The zero-order valence-corrected chi connectivity index (χ0v) is 10.2. The molecule has 0 radical (unpaired) electrons. The summed E-state index contributed by atoms with van der Waals surface area (Å²) in [4.78, 5) is 4.56. The standard InChI is InChI=1S/C12H16N2S/c1-4-5-13-12-14-10-6-8(2)9(3)7-11(10)15-12/h6-7H,4-5H2,1-3H3,(H,13,14). The monoisotopic (exact) mass is 220 g/mol. The number of fused-ring (bicyclic) bond motifs is 1. The first-order valence-electron chi connectivity index (χ1n) is 5.32. The van der Waals surface area contributed by atoms with Gasteiger partial charge >= 0.3 is 0 Å². The SMILES string of the molecule is CCCNc1nc2cc(C)c(C)cc2s1. The van der Waals surface area contributed by atoms with Crippen molar-refractivity contribution < 1.29 is 0 Å². The third-order valence-electron chi connectivity index (χ3n) is 2.53. The van der Waals surface area contributed by atoms with Crippen molar-refractivity contribution in [2.75, 3.05) is 11.9 Å². The minimum Gasteiger partial charge on any atom is -0.361 e. The minimum absolute atomic E-state index is 0.998. The Bertz CT molecular complexity index is 435. The van der Waals surface area contributed by atoms with Crippen molar-refractivity contribution in [3.63, 3.8) is 0 Å². The number of hydrogen-bond acceptors (Lipinski definition) is 3. The number of nitrogens with one attached hydrogen (secondary N) is 1. The molecule has 15 heavy (non-hydrogen) atoms. The number of hydrogen-bond donors (Lipinski definition) is 1. The Labute approximate surface area is 94.3 Å². The number of aryl methyl sites for hydroxylation is 2. The highest BCUT2D eigenvalue weighted by Gasteiger charge is 2.04. The van der Waals surface area contributed by atoms with Crippen molar-refractivity contribution in [1.29, 1.82) is 0 Å². The Morgan fingerprint density at radius 3 is 2.73 bits per heavy atom. The fourth-order valence-corrected chi connectivity index (χ4v) is 2.46. The van der Waals surface area contributed by atoms with E-state index in [1.807, 2.05) is 0 Å². The molecule has 0 atom stereocenters. The second-order valence-corrected chi connectivity index (χ2v) is 4.88. The average Bonchev–Trinajstić information content (AvgIpc) is 2.58. The van der Waals surface area contributed by atoms with Gasteiger partial charge in [0, 0.05) is 6.54 Å². The van der Waals surface area contributed by atoms with E-state index in [1.165, 1.54) is 15.8 Å². The first kappa shape index (κ1) is 10.4. The van der Waals surface area contributed by atoms with E-state index in [0.717, 1.165) is 23.6 Å². The van der Waals surface area contributed by atoms with Gasteiger partial charge in [-0.25, -0.2) is 4.98 Å². The fraction of sp³-hybridized carbons (Fsp3) is 0.417. The Balaban J connectivity index is 2.38. The fourth-order valence-electron chi connectivity index (χ4n) is 1.49. The maximum absolute atomic E-state index is 4.56. The molecule has 0 aliphatic heterocycles. The first-order chi connectivity index (χ1) is 7.20. The molecule has 1 heterocycles. The lowest BCUT2D eigenvalue weighted by atomic mass is 10.1. The van der Waals surface area contributed by atoms with Crippen molar-refractivity contribution in [2.24, 2.45) is 0 Å². The van der Waals surface area contributed by atoms with Crippen molar-refractivity contribution in [1.82, 2.24) is 4.98 Å². The maximum Gasteiger partial charge on any atom is 0.183 e. The van der Waals surface area contributed by atoms with Crippen LogP contribution in [-0.2, 0) is 0 Å². The van der Waals surface area contributed by atoms with Crippen molar-refractivity contribution in [3.05, 3.63) is 23.3 Å². The molecule has 0 saturated heterocycles. The lowest BCUT2D eigenvalue weighted by molar-refractivity contribution is 0.977. The van der Waals surface area contributed by atoms with Crippen LogP contribution in [0.3, 0.4) is 0 Å². The maximum atomic E-state index is 4.56. The largest absolute Gasteiger partial charge is 0.361 e. The van der Waals surface area contributed by atoms with E-state index < -0.39 is 0 Å². The summed E-state index contributed by atoms with van der Waals surface area (Å²) in [5, 5.41) is 4.37. The molecule has 0 unspecified atom stereocenters. The lowest BCUT2D eigenvalue weighted by Crippen LogP contribution is -1.98. The summed E-state index contributed by atoms with van der Waals surface area (Å²) in [6, 6.07) is 4.39. The molecule has 0 bridgehead atoms. The number of benzene rings is 1. The molecule has 0 aliphatic carbocycles. The van der Waals surface area contributed by atoms with Crippen LogP contribution in [0.1, 0.15) is 24.5 Å². The highest BCUT2D eigenvalue weighted by Crippen LogP contribution is 2.28. The van der Waals surface area contributed by atoms with Crippen LogP contribution in [0, 0.1) is 13.8 Å². The molecule has 3 heteroatoms. The summed E-state index contributed by atoms with van der Waals surface area (Å²) in [7, 11) is 0. The van der Waals surface area contributed by atoms with Crippen LogP contribution in [-0.4, -0.2) is 11.5 Å². The Morgan fingerprint density at radius 1 is 1.27 bits per heavy atom. The van der Waals surface area contributed by atoms with E-state index in [-0.39, 0.29) is 0 Å². The van der Waals surface area contributed by atoms with Crippen LogP contribution in [0.4, 0.5) is 5.13 Å². The molecule has 2 rings (SSSR count). The molecule has 0 fully saturated rings. The molecule has 0 spiro atoms. The first-order valence-corrected chi connectivity index (χ1v) is 6.14. The zero-order valence-electron chi connectivity index (χ0n) is 9.42. The summed E-state index contributed by atoms with van der Waals surface area (Å²) in [5.74, 6) is 0. The van der Waals surface area contributed by atoms with Gasteiger partial charge in [-0.15, -0.1) is 0 Å². The number of thiazole rings is 1. The predicted octanol–water partition coefficient (Wildman–Crippen LogP) is 3.74. The second kappa shape index (κ2) is 4.19. The summed E-state index contributed by atoms with van der Waals surface area (Å²) in [6.45, 7) is 7.44. The van der Waals surface area contributed by atoms with Gasteiger partial charge in [0.2, 0.25) is 0 Å². The van der Waals surface area contributed by atoms with E-state index in [9.17, 15) is 0 Å². The summed E-state index contributed by atoms with van der Waals surface area (Å²) in [5.41, 5.74) is 3.77. The van der Waals surface area contributed by atoms with Gasteiger partial charge in [0.05, 0.1) is 10.2 Å². The highest BCUT2D eigenvalue weighted by atomic mass is 32.1. The average molecular weight is 220 g/mol. The third-order valence-corrected chi connectivity index (χ3v) is 3.51. The molecule has 80 valence electrons. The van der Waals surface area contributed by atoms with Crippen LogP contribution in [0.15, 0.2) is 12.1 Å². The Kier molecular flexibility index (Phi) is 2.91. The van der Waals surface area contributed by atoms with Gasteiger partial charge in [0.1, 0.15) is 0 Å². The normalized spacial score (nSPS) is 10.9. The highest BCUT2D eigenvalue weighted by molar-refractivity contribution is 7.22. The van der Waals surface area contributed by atoms with Gasteiger partial charge in [0.25, 0.3) is 0 Å². The number of aromatic nitrogens is 1. The quantitative estimate of drug-likeness (QED) is 0.852. The minimum atomic E-state index is 0.998. The van der Waals surface area contributed by atoms with E-state index in [1.54, 1.807) is 11.3 Å². The molecule has 0 amide bonds. The van der Waals surface area contributed by atoms with Crippen LogP contribution >= 0.6 is 11.3 Å². The van der Waals surface area contributed by atoms with Gasteiger partial charge in [-0.2, -0.15) is 0 Å². The van der Waals surface area contributed by atoms with E-state index >= 15 is 0 Å². The molecule has 0 aliphatic rings. The van der Waals surface area contributed by atoms with Crippen LogP contribution in [0.5, 0.6) is 0 Å². The lowest BCUT2D eigenvalue weighted by Gasteiger charge is -1.96. The summed E-state index contributed by atoms with van der Waals surface area (Å²) in [6.07, 6.45) is 1.13. The number of anilines is 1. The number of rotatable bonds is 3. The molecule has 2 nitrogen and oxygen atoms in total. The van der Waals surface area contributed by atoms with Gasteiger partial charge < -0.3 is 5.32 Å². The summed E-state index contributed by atoms with van der Waals surface area (Å²) < 4.78 is 1.27. The van der Waals surface area contributed by atoms with Crippen molar-refractivity contribution in [2.45, 2.75) is 27.2 Å². The van der Waals surface area contributed by atoms with E-state index in [2.05, 4.69) is 43.2 Å².